The van der Waals surface area contributed by atoms with E-state index in [-0.39, 0.29) is 12.5 Å². The van der Waals surface area contributed by atoms with Gasteiger partial charge in [0.15, 0.2) is 0 Å². The Morgan fingerprint density at radius 1 is 1.44 bits per heavy atom. The first kappa shape index (κ1) is 13.2. The average molecular weight is 286 g/mol. The van der Waals surface area contributed by atoms with E-state index >= 15 is 0 Å². The monoisotopic (exact) mass is 285 g/mol. The summed E-state index contributed by atoms with van der Waals surface area (Å²) in [6.07, 6.45) is 1.84. The van der Waals surface area contributed by atoms with Gasteiger partial charge in [-0.2, -0.15) is 0 Å². The molecular formula is C12H16BrNO2. The lowest BCUT2D eigenvalue weighted by Crippen LogP contribution is -2.25. The zero-order valence-corrected chi connectivity index (χ0v) is 10.7. The molecule has 1 rings (SSSR count). The predicted molar refractivity (Wildman–Crippen MR) is 67.2 cm³/mol. The molecule has 16 heavy (non-hydrogen) atoms. The van der Waals surface area contributed by atoms with Crippen LogP contribution in [0.2, 0.25) is 0 Å². The maximum Gasteiger partial charge on any atom is 0.220 e. The van der Waals surface area contributed by atoms with Crippen LogP contribution in [0.1, 0.15) is 18.4 Å². The zero-order chi connectivity index (χ0) is 11.8. The smallest absolute Gasteiger partial charge is 0.220 e. The minimum Gasteiger partial charge on any atom is -0.396 e. The van der Waals surface area contributed by atoms with E-state index in [4.69, 9.17) is 5.11 Å². The quantitative estimate of drug-likeness (QED) is 0.784. The minimum absolute atomic E-state index is 0.0356. The van der Waals surface area contributed by atoms with Gasteiger partial charge in [-0.3, -0.25) is 4.79 Å². The molecule has 0 saturated heterocycles. The standard InChI is InChI=1S/C12H16BrNO2/c13-11-4-1-3-10(9-11)5-6-12(16)14-7-2-8-15/h1,3-4,9,15H,2,5-8H2,(H,14,16). The summed E-state index contributed by atoms with van der Waals surface area (Å²) in [4.78, 5) is 11.4. The Labute approximate surface area is 104 Å². The topological polar surface area (TPSA) is 49.3 Å². The maximum absolute atomic E-state index is 11.4. The van der Waals surface area contributed by atoms with Crippen molar-refractivity contribution in [1.29, 1.82) is 0 Å². The molecule has 0 aliphatic heterocycles. The Morgan fingerprint density at radius 2 is 2.25 bits per heavy atom. The molecule has 0 bridgehead atoms. The molecule has 0 aliphatic carbocycles. The van der Waals surface area contributed by atoms with Crippen molar-refractivity contribution in [2.75, 3.05) is 13.2 Å². The van der Waals surface area contributed by atoms with Crippen LogP contribution in [0.3, 0.4) is 0 Å². The third kappa shape index (κ3) is 5.28. The Hall–Kier alpha value is -0.870. The summed E-state index contributed by atoms with van der Waals surface area (Å²) in [6.45, 7) is 0.666. The molecule has 1 aromatic rings. The zero-order valence-electron chi connectivity index (χ0n) is 9.08. The van der Waals surface area contributed by atoms with Crippen molar-refractivity contribution in [1.82, 2.24) is 5.32 Å². The molecule has 0 heterocycles. The van der Waals surface area contributed by atoms with Gasteiger partial charge in [-0.15, -0.1) is 0 Å². The first-order valence-corrected chi connectivity index (χ1v) is 6.13. The number of hydrogen-bond acceptors (Lipinski definition) is 2. The van der Waals surface area contributed by atoms with Crippen molar-refractivity contribution < 1.29 is 9.90 Å². The van der Waals surface area contributed by atoms with Crippen LogP contribution in [-0.2, 0) is 11.2 Å². The summed E-state index contributed by atoms with van der Waals surface area (Å²) >= 11 is 3.39. The molecule has 0 fully saturated rings. The molecule has 2 N–H and O–H groups in total. The highest BCUT2D eigenvalue weighted by Crippen LogP contribution is 2.12. The van der Waals surface area contributed by atoms with Gasteiger partial charge in [-0.1, -0.05) is 28.1 Å². The largest absolute Gasteiger partial charge is 0.396 e. The van der Waals surface area contributed by atoms with Crippen LogP contribution in [0.5, 0.6) is 0 Å². The van der Waals surface area contributed by atoms with Crippen molar-refractivity contribution in [3.63, 3.8) is 0 Å². The number of amides is 1. The molecule has 0 aromatic heterocycles. The number of hydrogen-bond donors (Lipinski definition) is 2. The van der Waals surface area contributed by atoms with Crippen molar-refractivity contribution in [3.8, 4) is 0 Å². The second-order valence-electron chi connectivity index (χ2n) is 3.56. The fraction of sp³-hybridized carbons (Fsp3) is 0.417. The lowest BCUT2D eigenvalue weighted by atomic mass is 10.1. The highest BCUT2D eigenvalue weighted by Gasteiger charge is 2.01. The second-order valence-corrected chi connectivity index (χ2v) is 4.47. The van der Waals surface area contributed by atoms with Crippen LogP contribution < -0.4 is 5.32 Å². The fourth-order valence-corrected chi connectivity index (χ4v) is 1.79. The molecule has 0 aliphatic rings. The molecule has 1 amide bonds. The van der Waals surface area contributed by atoms with E-state index < -0.39 is 0 Å². The Morgan fingerprint density at radius 3 is 2.94 bits per heavy atom. The van der Waals surface area contributed by atoms with Crippen LogP contribution >= 0.6 is 15.9 Å². The molecular weight excluding hydrogens is 270 g/mol. The van der Waals surface area contributed by atoms with Gasteiger partial charge >= 0.3 is 0 Å². The van der Waals surface area contributed by atoms with Gasteiger partial charge in [0.25, 0.3) is 0 Å². The van der Waals surface area contributed by atoms with Gasteiger partial charge in [-0.05, 0) is 30.5 Å². The number of halogens is 1. The molecule has 0 atom stereocenters. The molecule has 3 nitrogen and oxygen atoms in total. The number of carbonyl (C=O) groups is 1. The Bertz CT molecular complexity index is 342. The third-order valence-corrected chi connectivity index (χ3v) is 2.68. The molecule has 1 aromatic carbocycles. The van der Waals surface area contributed by atoms with E-state index in [9.17, 15) is 4.79 Å². The first-order chi connectivity index (χ1) is 7.72. The molecule has 0 spiro atoms. The van der Waals surface area contributed by atoms with E-state index in [0.29, 0.717) is 19.4 Å². The van der Waals surface area contributed by atoms with Crippen LogP contribution in [0.15, 0.2) is 28.7 Å². The lowest BCUT2D eigenvalue weighted by Gasteiger charge is -2.04. The summed E-state index contributed by atoms with van der Waals surface area (Å²) in [7, 11) is 0. The summed E-state index contributed by atoms with van der Waals surface area (Å²) < 4.78 is 1.03. The molecule has 0 unspecified atom stereocenters. The van der Waals surface area contributed by atoms with Crippen molar-refractivity contribution in [3.05, 3.63) is 34.3 Å². The van der Waals surface area contributed by atoms with Gasteiger partial charge in [0, 0.05) is 24.0 Å². The third-order valence-electron chi connectivity index (χ3n) is 2.19. The number of aliphatic hydroxyl groups is 1. The molecule has 0 saturated carbocycles. The van der Waals surface area contributed by atoms with Gasteiger partial charge in [0.1, 0.15) is 0 Å². The van der Waals surface area contributed by atoms with Gasteiger partial charge in [0.05, 0.1) is 0 Å². The van der Waals surface area contributed by atoms with E-state index in [1.165, 1.54) is 0 Å². The number of benzene rings is 1. The Balaban J connectivity index is 2.26. The summed E-state index contributed by atoms with van der Waals surface area (Å²) in [6, 6.07) is 7.95. The summed E-state index contributed by atoms with van der Waals surface area (Å²) in [5, 5.41) is 11.3. The number of aliphatic hydroxyl groups excluding tert-OH is 1. The fourth-order valence-electron chi connectivity index (χ4n) is 1.35. The van der Waals surface area contributed by atoms with Crippen LogP contribution in [0.25, 0.3) is 0 Å². The van der Waals surface area contributed by atoms with Crippen molar-refractivity contribution in [2.24, 2.45) is 0 Å². The lowest BCUT2D eigenvalue weighted by molar-refractivity contribution is -0.121. The molecule has 88 valence electrons. The van der Waals surface area contributed by atoms with E-state index in [0.717, 1.165) is 16.5 Å². The number of aryl methyl sites for hydroxylation is 1. The summed E-state index contributed by atoms with van der Waals surface area (Å²) in [5.41, 5.74) is 1.15. The molecule has 4 heteroatoms. The van der Waals surface area contributed by atoms with Crippen molar-refractivity contribution >= 4 is 21.8 Å². The van der Waals surface area contributed by atoms with Crippen LogP contribution in [-0.4, -0.2) is 24.2 Å². The van der Waals surface area contributed by atoms with Crippen LogP contribution in [0, 0.1) is 0 Å². The number of rotatable bonds is 6. The highest BCUT2D eigenvalue weighted by molar-refractivity contribution is 9.10. The van der Waals surface area contributed by atoms with Gasteiger partial charge in [-0.25, -0.2) is 0 Å². The summed E-state index contributed by atoms with van der Waals surface area (Å²) in [5.74, 6) is 0.0356. The first-order valence-electron chi connectivity index (χ1n) is 5.34. The second kappa shape index (κ2) is 7.41. The number of carbonyl (C=O) groups excluding carboxylic acids is 1. The van der Waals surface area contributed by atoms with Gasteiger partial charge < -0.3 is 10.4 Å². The number of nitrogens with one attached hydrogen (secondary N) is 1. The SMILES string of the molecule is O=C(CCc1cccc(Br)c1)NCCCO. The Kier molecular flexibility index (Phi) is 6.11. The van der Waals surface area contributed by atoms with E-state index in [2.05, 4.69) is 21.2 Å². The predicted octanol–water partition coefficient (Wildman–Crippen LogP) is 1.88. The average Bonchev–Trinajstić information content (AvgIpc) is 2.27. The molecule has 0 radical (unpaired) electrons. The van der Waals surface area contributed by atoms with Crippen LogP contribution in [0.4, 0.5) is 0 Å². The highest BCUT2D eigenvalue weighted by atomic mass is 79.9. The van der Waals surface area contributed by atoms with Crippen molar-refractivity contribution in [2.45, 2.75) is 19.3 Å². The van der Waals surface area contributed by atoms with E-state index in [1.807, 2.05) is 24.3 Å². The maximum atomic E-state index is 11.4. The van der Waals surface area contributed by atoms with E-state index in [1.54, 1.807) is 0 Å². The van der Waals surface area contributed by atoms with Gasteiger partial charge in [0.2, 0.25) is 5.91 Å². The minimum atomic E-state index is 0.0356. The normalized spacial score (nSPS) is 10.1.